The van der Waals surface area contributed by atoms with Crippen LogP contribution >= 0.6 is 0 Å². The number of hydrogen-bond acceptors (Lipinski definition) is 7. The van der Waals surface area contributed by atoms with Crippen LogP contribution in [0.5, 0.6) is 0 Å². The SMILES string of the molecule is CC(C)N(CCNS(=O)(=O)c1cccc(CN)c1)C(C)C.O=C(O)c1cnc(-c2cccc(F)c2)nc1. The van der Waals surface area contributed by atoms with Gasteiger partial charge in [-0.15, -0.1) is 0 Å². The first-order valence-electron chi connectivity index (χ1n) is 11.8. The van der Waals surface area contributed by atoms with E-state index >= 15 is 0 Å². The summed E-state index contributed by atoms with van der Waals surface area (Å²) in [5.41, 5.74) is 6.87. The van der Waals surface area contributed by atoms with Gasteiger partial charge in [-0.2, -0.15) is 0 Å². The zero-order valence-corrected chi connectivity index (χ0v) is 22.2. The molecule has 3 rings (SSSR count). The molecular formula is C26H34FN5O4S. The van der Waals surface area contributed by atoms with Crippen molar-refractivity contribution in [1.82, 2.24) is 19.6 Å². The van der Waals surface area contributed by atoms with E-state index in [1.54, 1.807) is 30.3 Å². The van der Waals surface area contributed by atoms with E-state index in [2.05, 4.69) is 47.3 Å². The molecule has 0 aliphatic heterocycles. The number of carbonyl (C=O) groups is 1. The molecule has 9 nitrogen and oxygen atoms in total. The fraction of sp³-hybridized carbons (Fsp3) is 0.346. The summed E-state index contributed by atoms with van der Waals surface area (Å²) in [6.07, 6.45) is 2.38. The number of nitrogens with two attached hydrogens (primary N) is 1. The highest BCUT2D eigenvalue weighted by atomic mass is 32.2. The first-order chi connectivity index (χ1) is 17.4. The smallest absolute Gasteiger partial charge is 0.338 e. The van der Waals surface area contributed by atoms with Crippen LogP contribution in [0.1, 0.15) is 43.6 Å². The summed E-state index contributed by atoms with van der Waals surface area (Å²) in [7, 11) is -3.47. The summed E-state index contributed by atoms with van der Waals surface area (Å²) in [6.45, 7) is 9.85. The lowest BCUT2D eigenvalue weighted by Gasteiger charge is -2.30. The molecule has 37 heavy (non-hydrogen) atoms. The van der Waals surface area contributed by atoms with Gasteiger partial charge in [0.2, 0.25) is 10.0 Å². The van der Waals surface area contributed by atoms with Crippen LogP contribution in [-0.2, 0) is 16.6 Å². The van der Waals surface area contributed by atoms with Gasteiger partial charge in [0.15, 0.2) is 5.82 Å². The minimum absolute atomic E-state index is 0.000142. The predicted molar refractivity (Wildman–Crippen MR) is 141 cm³/mol. The van der Waals surface area contributed by atoms with Crippen LogP contribution in [0.4, 0.5) is 4.39 Å². The number of hydrogen-bond donors (Lipinski definition) is 3. The Balaban J connectivity index is 0.000000269. The lowest BCUT2D eigenvalue weighted by molar-refractivity contribution is 0.0696. The van der Waals surface area contributed by atoms with Crippen LogP contribution in [0.15, 0.2) is 65.8 Å². The number of benzene rings is 2. The molecular weight excluding hydrogens is 497 g/mol. The largest absolute Gasteiger partial charge is 0.478 e. The van der Waals surface area contributed by atoms with Gasteiger partial charge in [0.05, 0.1) is 10.5 Å². The van der Waals surface area contributed by atoms with Crippen molar-refractivity contribution >= 4 is 16.0 Å². The normalized spacial score (nSPS) is 11.5. The number of aromatic nitrogens is 2. The molecule has 0 amide bonds. The Morgan fingerprint density at radius 1 is 1.05 bits per heavy atom. The Kier molecular flexibility index (Phi) is 11.3. The molecule has 3 aromatic rings. The standard InChI is InChI=1S/C15H27N3O2S.C11H7FN2O2/c1-12(2)18(13(3)4)9-8-17-21(19,20)15-7-5-6-14(10-15)11-16;12-9-3-1-2-7(4-9)10-13-5-8(6-14-10)11(15)16/h5-7,10,12-13,17H,8-9,11,16H2,1-4H3;1-6H,(H,15,16). The highest BCUT2D eigenvalue weighted by Gasteiger charge is 2.17. The zero-order valence-electron chi connectivity index (χ0n) is 21.4. The maximum atomic E-state index is 12.9. The summed E-state index contributed by atoms with van der Waals surface area (Å²) in [6, 6.07) is 13.3. The van der Waals surface area contributed by atoms with Crippen LogP contribution in [0, 0.1) is 5.82 Å². The van der Waals surface area contributed by atoms with E-state index in [0.717, 1.165) is 5.56 Å². The molecule has 0 unspecified atom stereocenters. The van der Waals surface area contributed by atoms with Crippen LogP contribution in [0.3, 0.4) is 0 Å². The predicted octanol–water partition coefficient (Wildman–Crippen LogP) is 3.52. The van der Waals surface area contributed by atoms with Crippen LogP contribution in [0.2, 0.25) is 0 Å². The van der Waals surface area contributed by atoms with Crippen molar-refractivity contribution in [3.8, 4) is 11.4 Å². The van der Waals surface area contributed by atoms with E-state index in [1.165, 1.54) is 24.5 Å². The second-order valence-corrected chi connectivity index (χ2v) is 10.6. The fourth-order valence-corrected chi connectivity index (χ4v) is 4.65. The van der Waals surface area contributed by atoms with E-state index in [4.69, 9.17) is 10.8 Å². The van der Waals surface area contributed by atoms with Gasteiger partial charge in [-0.3, -0.25) is 4.90 Å². The first kappa shape index (κ1) is 30.0. The van der Waals surface area contributed by atoms with Gasteiger partial charge in [0.25, 0.3) is 0 Å². The van der Waals surface area contributed by atoms with Crippen molar-refractivity contribution < 1.29 is 22.7 Å². The average Bonchev–Trinajstić information content (AvgIpc) is 2.86. The second kappa shape index (κ2) is 13.9. The number of sulfonamides is 1. The average molecular weight is 532 g/mol. The molecule has 0 radical (unpaired) electrons. The van der Waals surface area contributed by atoms with Gasteiger partial charge >= 0.3 is 5.97 Å². The Hall–Kier alpha value is -3.25. The van der Waals surface area contributed by atoms with E-state index in [0.29, 0.717) is 43.1 Å². The highest BCUT2D eigenvalue weighted by molar-refractivity contribution is 7.89. The third kappa shape index (κ3) is 9.29. The maximum Gasteiger partial charge on any atom is 0.338 e. The van der Waals surface area contributed by atoms with E-state index in [1.807, 2.05) is 6.07 Å². The van der Waals surface area contributed by atoms with Gasteiger partial charge in [-0.25, -0.2) is 32.3 Å². The Morgan fingerprint density at radius 2 is 1.68 bits per heavy atom. The topological polar surface area (TPSA) is 139 Å². The number of rotatable bonds is 10. The Morgan fingerprint density at radius 3 is 2.22 bits per heavy atom. The van der Waals surface area contributed by atoms with Gasteiger partial charge < -0.3 is 10.8 Å². The Bertz CT molecular complexity index is 1260. The molecule has 0 saturated carbocycles. The van der Waals surface area contributed by atoms with Gasteiger partial charge in [0, 0.05) is 49.7 Å². The van der Waals surface area contributed by atoms with Crippen molar-refractivity contribution in [3.63, 3.8) is 0 Å². The third-order valence-electron chi connectivity index (χ3n) is 5.41. The van der Waals surface area contributed by atoms with Crippen LogP contribution in [-0.4, -0.2) is 59.5 Å². The van der Waals surface area contributed by atoms with Crippen molar-refractivity contribution in [1.29, 1.82) is 0 Å². The molecule has 1 heterocycles. The molecule has 0 saturated heterocycles. The summed E-state index contributed by atoms with van der Waals surface area (Å²) in [5.74, 6) is -1.18. The summed E-state index contributed by atoms with van der Waals surface area (Å²) >= 11 is 0. The maximum absolute atomic E-state index is 12.9. The van der Waals surface area contributed by atoms with Crippen molar-refractivity contribution in [2.24, 2.45) is 5.73 Å². The molecule has 4 N–H and O–H groups in total. The molecule has 0 fully saturated rings. The minimum Gasteiger partial charge on any atom is -0.478 e. The molecule has 0 atom stereocenters. The van der Waals surface area contributed by atoms with Gasteiger partial charge in [0.1, 0.15) is 5.82 Å². The highest BCUT2D eigenvalue weighted by Crippen LogP contribution is 2.15. The lowest BCUT2D eigenvalue weighted by atomic mass is 10.2. The monoisotopic (exact) mass is 531 g/mol. The van der Waals surface area contributed by atoms with Gasteiger partial charge in [-0.1, -0.05) is 24.3 Å². The number of carboxylic acids is 1. The van der Waals surface area contributed by atoms with E-state index < -0.39 is 16.0 Å². The molecule has 200 valence electrons. The molecule has 0 aliphatic carbocycles. The molecule has 0 aliphatic rings. The quantitative estimate of drug-likeness (QED) is 0.361. The van der Waals surface area contributed by atoms with E-state index in [-0.39, 0.29) is 16.3 Å². The molecule has 11 heteroatoms. The summed E-state index contributed by atoms with van der Waals surface area (Å²) in [4.78, 5) is 20.8. The number of carboxylic acid groups (broad SMARTS) is 1. The Labute approximate surface area is 217 Å². The lowest BCUT2D eigenvalue weighted by Crippen LogP contribution is -2.42. The molecule has 1 aromatic heterocycles. The molecule has 0 spiro atoms. The molecule has 0 bridgehead atoms. The van der Waals surface area contributed by atoms with Crippen molar-refractivity contribution in [3.05, 3.63) is 77.9 Å². The van der Waals surface area contributed by atoms with Crippen LogP contribution in [0.25, 0.3) is 11.4 Å². The zero-order chi connectivity index (χ0) is 27.6. The minimum atomic E-state index is -3.47. The van der Waals surface area contributed by atoms with Crippen molar-refractivity contribution in [2.75, 3.05) is 13.1 Å². The van der Waals surface area contributed by atoms with E-state index in [9.17, 15) is 17.6 Å². The number of halogens is 1. The number of aromatic carboxylic acids is 1. The summed E-state index contributed by atoms with van der Waals surface area (Å²) in [5, 5.41) is 8.65. The van der Waals surface area contributed by atoms with Crippen molar-refractivity contribution in [2.45, 2.75) is 51.2 Å². The number of nitrogens with one attached hydrogen (secondary N) is 1. The first-order valence-corrected chi connectivity index (χ1v) is 13.3. The summed E-state index contributed by atoms with van der Waals surface area (Å²) < 4.78 is 40.1. The number of nitrogens with zero attached hydrogens (tertiary/aromatic N) is 3. The van der Waals surface area contributed by atoms with Crippen LogP contribution < -0.4 is 10.5 Å². The molecule has 2 aromatic carbocycles. The second-order valence-electron chi connectivity index (χ2n) is 8.79. The van der Waals surface area contributed by atoms with Gasteiger partial charge in [-0.05, 0) is 57.5 Å². The fourth-order valence-electron chi connectivity index (χ4n) is 3.56. The third-order valence-corrected chi connectivity index (χ3v) is 6.87.